The standard InChI is InChI=1S/C10H20O2S.C10H20OS2/c1-11-10(8-12-9-13-2)6-4-3-5-7-10;1-11-10(8-13-9-12-2)6-4-3-5-7-10/h2*3-9H2,1-2H3. The Bertz CT molecular complexity index is 298. The van der Waals surface area contributed by atoms with Crippen LogP contribution < -0.4 is 0 Å². The molecule has 2 rings (SSSR count). The van der Waals surface area contributed by atoms with E-state index >= 15 is 0 Å². The number of hydrogen-bond acceptors (Lipinski definition) is 6. The molecule has 2 aliphatic carbocycles. The topological polar surface area (TPSA) is 27.7 Å². The van der Waals surface area contributed by atoms with E-state index in [0.717, 1.165) is 25.4 Å². The van der Waals surface area contributed by atoms with Crippen LogP contribution in [0.15, 0.2) is 0 Å². The van der Waals surface area contributed by atoms with E-state index in [1.54, 1.807) is 11.8 Å². The Labute approximate surface area is 174 Å². The molecule has 0 unspecified atom stereocenters. The fourth-order valence-corrected chi connectivity index (χ4v) is 5.86. The second-order valence-electron chi connectivity index (χ2n) is 7.41. The van der Waals surface area contributed by atoms with Crippen molar-refractivity contribution >= 4 is 35.3 Å². The van der Waals surface area contributed by atoms with Crippen molar-refractivity contribution in [3.05, 3.63) is 0 Å². The number of thioether (sulfide) groups is 3. The maximum absolute atomic E-state index is 5.70. The lowest BCUT2D eigenvalue weighted by Crippen LogP contribution is -2.38. The van der Waals surface area contributed by atoms with Crippen LogP contribution in [0.2, 0.25) is 0 Å². The second-order valence-corrected chi connectivity index (χ2v) is 10.4. The van der Waals surface area contributed by atoms with Crippen molar-refractivity contribution in [3.63, 3.8) is 0 Å². The molecule has 0 heterocycles. The van der Waals surface area contributed by atoms with Crippen LogP contribution in [0.4, 0.5) is 0 Å². The summed E-state index contributed by atoms with van der Waals surface area (Å²) in [4.78, 5) is 0. The quantitative estimate of drug-likeness (QED) is 0.312. The van der Waals surface area contributed by atoms with Crippen molar-refractivity contribution in [2.24, 2.45) is 0 Å². The van der Waals surface area contributed by atoms with Crippen molar-refractivity contribution in [2.75, 3.05) is 50.1 Å². The van der Waals surface area contributed by atoms with E-state index in [1.165, 1.54) is 62.2 Å². The molecule has 2 fully saturated rings. The summed E-state index contributed by atoms with van der Waals surface area (Å²) in [6, 6.07) is 0. The van der Waals surface area contributed by atoms with Crippen LogP contribution in [0.5, 0.6) is 0 Å². The summed E-state index contributed by atoms with van der Waals surface area (Å²) in [5.74, 6) is 1.97. The average Bonchev–Trinajstić information content (AvgIpc) is 2.70. The van der Waals surface area contributed by atoms with Crippen molar-refractivity contribution < 1.29 is 14.2 Å². The maximum Gasteiger partial charge on any atom is 0.0919 e. The highest BCUT2D eigenvalue weighted by Gasteiger charge is 2.32. The first kappa shape index (κ1) is 25.0. The van der Waals surface area contributed by atoms with Crippen LogP contribution in [0, 0.1) is 0 Å². The summed E-state index contributed by atoms with van der Waals surface area (Å²) >= 11 is 5.65. The molecule has 2 aliphatic rings. The zero-order valence-corrected chi connectivity index (χ0v) is 19.8. The third-order valence-corrected chi connectivity index (χ3v) is 8.27. The van der Waals surface area contributed by atoms with Crippen molar-refractivity contribution in [1.29, 1.82) is 0 Å². The lowest BCUT2D eigenvalue weighted by Gasteiger charge is -2.35. The summed E-state index contributed by atoms with van der Waals surface area (Å²) in [5, 5.41) is 1.20. The SMILES string of the molecule is COC1(COCSC)CCCCC1.COC1(CSCSC)CCCCC1. The molecular weight excluding hydrogens is 384 g/mol. The van der Waals surface area contributed by atoms with Gasteiger partial charge in [0.1, 0.15) is 0 Å². The largest absolute Gasteiger partial charge is 0.377 e. The van der Waals surface area contributed by atoms with Gasteiger partial charge in [0.2, 0.25) is 0 Å². The number of methoxy groups -OCH3 is 2. The summed E-state index contributed by atoms with van der Waals surface area (Å²) in [6.07, 6.45) is 17.1. The van der Waals surface area contributed by atoms with Crippen molar-refractivity contribution in [3.8, 4) is 0 Å². The van der Waals surface area contributed by atoms with Gasteiger partial charge in [0.05, 0.1) is 23.7 Å². The van der Waals surface area contributed by atoms with E-state index in [0.29, 0.717) is 0 Å². The van der Waals surface area contributed by atoms with E-state index in [4.69, 9.17) is 14.2 Å². The normalized spacial score (nSPS) is 21.7. The van der Waals surface area contributed by atoms with Gasteiger partial charge in [-0.25, -0.2) is 0 Å². The van der Waals surface area contributed by atoms with Crippen LogP contribution in [-0.4, -0.2) is 61.3 Å². The van der Waals surface area contributed by atoms with E-state index in [9.17, 15) is 0 Å². The van der Waals surface area contributed by atoms with Gasteiger partial charge < -0.3 is 14.2 Å². The third kappa shape index (κ3) is 9.42. The van der Waals surface area contributed by atoms with E-state index < -0.39 is 0 Å². The van der Waals surface area contributed by atoms with Crippen LogP contribution in [-0.2, 0) is 14.2 Å². The molecule has 0 aromatic heterocycles. The van der Waals surface area contributed by atoms with Crippen LogP contribution in [0.3, 0.4) is 0 Å². The molecule has 0 spiro atoms. The second kappa shape index (κ2) is 14.9. The smallest absolute Gasteiger partial charge is 0.0919 e. The molecule has 0 saturated heterocycles. The van der Waals surface area contributed by atoms with Gasteiger partial charge in [-0.15, -0.1) is 23.5 Å². The Morgan fingerprint density at radius 1 is 0.731 bits per heavy atom. The van der Waals surface area contributed by atoms with Gasteiger partial charge in [-0.2, -0.15) is 11.8 Å². The molecule has 156 valence electrons. The molecule has 0 radical (unpaired) electrons. The molecule has 0 atom stereocenters. The highest BCUT2D eigenvalue weighted by atomic mass is 32.2. The van der Waals surface area contributed by atoms with E-state index in [2.05, 4.69) is 12.5 Å². The average molecular weight is 425 g/mol. The van der Waals surface area contributed by atoms with Crippen molar-refractivity contribution in [2.45, 2.75) is 75.4 Å². The fraction of sp³-hybridized carbons (Fsp3) is 1.00. The van der Waals surface area contributed by atoms with Gasteiger partial charge in [-0.05, 0) is 38.2 Å². The molecule has 2 saturated carbocycles. The van der Waals surface area contributed by atoms with Gasteiger partial charge in [0, 0.05) is 25.1 Å². The molecule has 0 N–H and O–H groups in total. The molecular formula is C20H40O3S3. The number of hydrogen-bond donors (Lipinski definition) is 0. The molecule has 0 bridgehead atoms. The Morgan fingerprint density at radius 3 is 1.73 bits per heavy atom. The number of ether oxygens (including phenoxy) is 3. The molecule has 0 amide bonds. The highest BCUT2D eigenvalue weighted by Crippen LogP contribution is 2.34. The summed E-state index contributed by atoms with van der Waals surface area (Å²) in [7, 11) is 3.69. The van der Waals surface area contributed by atoms with Crippen molar-refractivity contribution in [1.82, 2.24) is 0 Å². The lowest BCUT2D eigenvalue weighted by molar-refractivity contribution is -0.0881. The van der Waals surface area contributed by atoms with Gasteiger partial charge in [0.25, 0.3) is 0 Å². The fourth-order valence-electron chi connectivity index (χ4n) is 3.83. The first-order valence-corrected chi connectivity index (χ1v) is 13.8. The third-order valence-electron chi connectivity index (χ3n) is 5.53. The lowest BCUT2D eigenvalue weighted by atomic mass is 9.85. The molecule has 6 heteroatoms. The predicted octanol–water partition coefficient (Wildman–Crippen LogP) is 6.06. The Kier molecular flexibility index (Phi) is 14.3. The molecule has 0 aromatic carbocycles. The van der Waals surface area contributed by atoms with Gasteiger partial charge in [-0.3, -0.25) is 0 Å². The summed E-state index contributed by atoms with van der Waals surface area (Å²) < 4.78 is 16.8. The van der Waals surface area contributed by atoms with Crippen LogP contribution >= 0.6 is 35.3 Å². The minimum Gasteiger partial charge on any atom is -0.377 e. The van der Waals surface area contributed by atoms with Crippen LogP contribution in [0.1, 0.15) is 64.2 Å². The van der Waals surface area contributed by atoms with E-state index in [-0.39, 0.29) is 11.2 Å². The zero-order valence-electron chi connectivity index (χ0n) is 17.3. The van der Waals surface area contributed by atoms with Gasteiger partial charge in [0.15, 0.2) is 0 Å². The Balaban J connectivity index is 0.000000260. The highest BCUT2D eigenvalue weighted by molar-refractivity contribution is 8.15. The Hall–Kier alpha value is 0.930. The van der Waals surface area contributed by atoms with Gasteiger partial charge in [-0.1, -0.05) is 38.5 Å². The first-order chi connectivity index (χ1) is 12.7. The molecule has 26 heavy (non-hydrogen) atoms. The summed E-state index contributed by atoms with van der Waals surface area (Å²) in [6.45, 7) is 0.768. The molecule has 0 aliphatic heterocycles. The minimum atomic E-state index is 0.0357. The zero-order chi connectivity index (χ0) is 19.1. The Morgan fingerprint density at radius 2 is 1.27 bits per heavy atom. The monoisotopic (exact) mass is 424 g/mol. The minimum absolute atomic E-state index is 0.0357. The molecule has 0 aromatic rings. The van der Waals surface area contributed by atoms with E-state index in [1.807, 2.05) is 37.7 Å². The molecule has 3 nitrogen and oxygen atoms in total. The predicted molar refractivity (Wildman–Crippen MR) is 121 cm³/mol. The van der Waals surface area contributed by atoms with Gasteiger partial charge >= 0.3 is 0 Å². The maximum atomic E-state index is 5.70. The van der Waals surface area contributed by atoms with Crippen LogP contribution in [0.25, 0.3) is 0 Å². The number of rotatable bonds is 10. The first-order valence-electron chi connectivity index (χ1n) is 9.89. The summed E-state index contributed by atoms with van der Waals surface area (Å²) in [5.41, 5.74) is 0.257.